The van der Waals surface area contributed by atoms with Crippen molar-refractivity contribution in [2.24, 2.45) is 5.73 Å². The summed E-state index contributed by atoms with van der Waals surface area (Å²) in [5.74, 6) is 0.785. The maximum atomic E-state index is 9.92. The van der Waals surface area contributed by atoms with Gasteiger partial charge in [0.25, 0.3) is 0 Å². The first kappa shape index (κ1) is 19.2. The van der Waals surface area contributed by atoms with E-state index in [9.17, 15) is 5.11 Å². The zero-order valence-electron chi connectivity index (χ0n) is 14.5. The molecule has 0 radical (unpaired) electrons. The van der Waals surface area contributed by atoms with Crippen LogP contribution in [0.15, 0.2) is 21.5 Å². The molecule has 0 unspecified atom stereocenters. The maximum Gasteiger partial charge on any atom is 0.215 e. The standard InChI is InChI=1S/C16H18Cl2N6OS2/c1-16(19)3-6-23(7-4-16)13-9(8-25)24-14(21-13)27-15(22-24)26-10-2-5-20-12(18)11(10)17/h2,5,25H,3-4,6-8,19H2,1H3. The lowest BCUT2D eigenvalue weighted by atomic mass is 9.91. The fraction of sp³-hybridized carbons (Fsp3) is 0.438. The highest BCUT2D eigenvalue weighted by Gasteiger charge is 2.29. The van der Waals surface area contributed by atoms with Crippen molar-refractivity contribution >= 4 is 57.1 Å². The molecular formula is C16H18Cl2N6OS2. The molecule has 4 heterocycles. The average Bonchev–Trinajstić information content (AvgIpc) is 3.16. The summed E-state index contributed by atoms with van der Waals surface area (Å²) in [6.45, 7) is 3.57. The van der Waals surface area contributed by atoms with Crippen LogP contribution in [-0.4, -0.2) is 43.3 Å². The van der Waals surface area contributed by atoms with Crippen LogP contribution in [0.3, 0.4) is 0 Å². The van der Waals surface area contributed by atoms with Crippen molar-refractivity contribution in [3.05, 3.63) is 28.1 Å². The number of aliphatic hydroxyl groups is 1. The Balaban J connectivity index is 1.62. The van der Waals surface area contributed by atoms with Crippen molar-refractivity contribution < 1.29 is 5.11 Å². The lowest BCUT2D eigenvalue weighted by molar-refractivity contribution is 0.273. The van der Waals surface area contributed by atoms with E-state index in [-0.39, 0.29) is 17.3 Å². The second-order valence-corrected chi connectivity index (χ2v) is 9.74. The van der Waals surface area contributed by atoms with Crippen LogP contribution in [0.5, 0.6) is 0 Å². The number of pyridine rings is 1. The molecule has 1 aliphatic rings. The van der Waals surface area contributed by atoms with E-state index in [2.05, 4.69) is 21.9 Å². The van der Waals surface area contributed by atoms with Crippen molar-refractivity contribution in [2.45, 2.75) is 41.1 Å². The number of rotatable bonds is 4. The Morgan fingerprint density at radius 2 is 2.11 bits per heavy atom. The lowest BCUT2D eigenvalue weighted by Gasteiger charge is -2.37. The Bertz CT molecular complexity index is 979. The molecule has 0 saturated carbocycles. The smallest absolute Gasteiger partial charge is 0.215 e. The predicted octanol–water partition coefficient (Wildman–Crippen LogP) is 3.45. The second-order valence-electron chi connectivity index (χ2n) is 6.76. The molecule has 3 aromatic rings. The topological polar surface area (TPSA) is 92.6 Å². The van der Waals surface area contributed by atoms with E-state index in [0.717, 1.165) is 45.9 Å². The van der Waals surface area contributed by atoms with E-state index in [1.807, 2.05) is 0 Å². The van der Waals surface area contributed by atoms with E-state index in [0.29, 0.717) is 10.7 Å². The molecule has 3 aromatic heterocycles. The number of imidazole rings is 1. The molecule has 1 aliphatic heterocycles. The van der Waals surface area contributed by atoms with Gasteiger partial charge in [-0.2, -0.15) is 4.98 Å². The molecule has 1 fully saturated rings. The minimum absolute atomic E-state index is 0.136. The highest BCUT2D eigenvalue weighted by atomic mass is 35.5. The molecule has 144 valence electrons. The van der Waals surface area contributed by atoms with Crippen LogP contribution >= 0.6 is 46.3 Å². The maximum absolute atomic E-state index is 9.92. The number of hydrogen-bond donors (Lipinski definition) is 2. The fourth-order valence-electron chi connectivity index (χ4n) is 3.00. The molecule has 0 atom stereocenters. The van der Waals surface area contributed by atoms with Gasteiger partial charge in [-0.15, -0.1) is 5.10 Å². The van der Waals surface area contributed by atoms with Gasteiger partial charge in [0.05, 0.1) is 11.6 Å². The molecule has 27 heavy (non-hydrogen) atoms. The summed E-state index contributed by atoms with van der Waals surface area (Å²) in [5.41, 5.74) is 6.77. The van der Waals surface area contributed by atoms with Gasteiger partial charge in [0.2, 0.25) is 4.96 Å². The summed E-state index contributed by atoms with van der Waals surface area (Å²) < 4.78 is 2.46. The Labute approximate surface area is 174 Å². The quantitative estimate of drug-likeness (QED) is 0.595. The molecule has 11 heteroatoms. The number of hydrogen-bond acceptors (Lipinski definition) is 8. The average molecular weight is 445 g/mol. The highest BCUT2D eigenvalue weighted by molar-refractivity contribution is 8.01. The number of nitrogens with zero attached hydrogens (tertiary/aromatic N) is 5. The van der Waals surface area contributed by atoms with Gasteiger partial charge in [-0.3, -0.25) is 0 Å². The van der Waals surface area contributed by atoms with Crippen molar-refractivity contribution in [3.63, 3.8) is 0 Å². The minimum Gasteiger partial charge on any atom is -0.390 e. The first-order chi connectivity index (χ1) is 12.9. The molecule has 4 rings (SSSR count). The van der Waals surface area contributed by atoms with Crippen molar-refractivity contribution in [1.82, 2.24) is 19.6 Å². The fourth-order valence-corrected chi connectivity index (χ4v) is 5.37. The summed E-state index contributed by atoms with van der Waals surface area (Å²) in [7, 11) is 0. The Hall–Kier alpha value is -1.10. The molecule has 7 nitrogen and oxygen atoms in total. The van der Waals surface area contributed by atoms with Gasteiger partial charge in [0.15, 0.2) is 10.2 Å². The first-order valence-electron chi connectivity index (χ1n) is 8.39. The van der Waals surface area contributed by atoms with Crippen LogP contribution in [0.1, 0.15) is 25.5 Å². The van der Waals surface area contributed by atoms with Gasteiger partial charge in [0, 0.05) is 29.7 Å². The third-order valence-corrected chi connectivity index (χ3v) is 7.52. The van der Waals surface area contributed by atoms with Crippen LogP contribution in [0.4, 0.5) is 5.82 Å². The number of nitrogens with two attached hydrogens (primary N) is 1. The number of piperidine rings is 1. The number of fused-ring (bicyclic) bond motifs is 1. The predicted molar refractivity (Wildman–Crippen MR) is 109 cm³/mol. The Morgan fingerprint density at radius 1 is 1.37 bits per heavy atom. The molecule has 0 amide bonds. The van der Waals surface area contributed by atoms with E-state index < -0.39 is 0 Å². The summed E-state index contributed by atoms with van der Waals surface area (Å²) in [6.07, 6.45) is 3.38. The third kappa shape index (κ3) is 3.76. The van der Waals surface area contributed by atoms with Gasteiger partial charge in [0.1, 0.15) is 10.8 Å². The molecule has 3 N–H and O–H groups in total. The normalized spacial score (nSPS) is 17.0. The monoisotopic (exact) mass is 444 g/mol. The Kier molecular flexibility index (Phi) is 5.26. The third-order valence-electron chi connectivity index (χ3n) is 4.62. The summed E-state index contributed by atoms with van der Waals surface area (Å²) in [5, 5.41) is 15.2. The van der Waals surface area contributed by atoms with Crippen LogP contribution in [0.25, 0.3) is 4.96 Å². The van der Waals surface area contributed by atoms with E-state index in [4.69, 9.17) is 33.9 Å². The largest absolute Gasteiger partial charge is 0.390 e. The zero-order valence-corrected chi connectivity index (χ0v) is 17.7. The highest BCUT2D eigenvalue weighted by Crippen LogP contribution is 2.39. The van der Waals surface area contributed by atoms with Gasteiger partial charge in [-0.25, -0.2) is 9.50 Å². The number of halogens is 2. The van der Waals surface area contributed by atoms with Gasteiger partial charge in [-0.1, -0.05) is 46.3 Å². The van der Waals surface area contributed by atoms with Crippen LogP contribution in [-0.2, 0) is 6.61 Å². The molecule has 0 spiro atoms. The van der Waals surface area contributed by atoms with E-state index in [1.165, 1.54) is 23.1 Å². The van der Waals surface area contributed by atoms with Gasteiger partial charge >= 0.3 is 0 Å². The molecule has 0 bridgehead atoms. The zero-order chi connectivity index (χ0) is 19.2. The molecule has 0 aliphatic carbocycles. The SMILES string of the molecule is CC1(N)CCN(c2nc3sc(Sc4ccnc(Cl)c4Cl)nn3c2CO)CC1. The molecule has 0 aromatic carbocycles. The van der Waals surface area contributed by atoms with Gasteiger partial charge < -0.3 is 15.7 Å². The van der Waals surface area contributed by atoms with Crippen LogP contribution in [0.2, 0.25) is 10.2 Å². The molecule has 1 saturated heterocycles. The summed E-state index contributed by atoms with van der Waals surface area (Å²) in [4.78, 5) is 12.3. The van der Waals surface area contributed by atoms with Crippen LogP contribution < -0.4 is 10.6 Å². The lowest BCUT2D eigenvalue weighted by Crippen LogP contribution is -2.48. The molecular weight excluding hydrogens is 427 g/mol. The van der Waals surface area contributed by atoms with Crippen LogP contribution in [0, 0.1) is 0 Å². The van der Waals surface area contributed by atoms with Crippen molar-refractivity contribution in [1.29, 1.82) is 0 Å². The number of anilines is 1. The second kappa shape index (κ2) is 7.38. The van der Waals surface area contributed by atoms with E-state index >= 15 is 0 Å². The van der Waals surface area contributed by atoms with Crippen molar-refractivity contribution in [2.75, 3.05) is 18.0 Å². The minimum atomic E-state index is -0.139. The number of aliphatic hydroxyl groups excluding tert-OH is 1. The van der Waals surface area contributed by atoms with Gasteiger partial charge in [-0.05, 0) is 25.8 Å². The van der Waals surface area contributed by atoms with Crippen molar-refractivity contribution in [3.8, 4) is 0 Å². The number of aromatic nitrogens is 4. The summed E-state index contributed by atoms with van der Waals surface area (Å²) in [6, 6.07) is 1.79. The summed E-state index contributed by atoms with van der Waals surface area (Å²) >= 11 is 15.0. The Morgan fingerprint density at radius 3 is 2.81 bits per heavy atom. The van der Waals surface area contributed by atoms with E-state index in [1.54, 1.807) is 16.8 Å². The first-order valence-corrected chi connectivity index (χ1v) is 10.8.